The third-order valence-electron chi connectivity index (χ3n) is 4.30. The smallest absolute Gasteiger partial charge is 0.0686 e. The van der Waals surface area contributed by atoms with E-state index in [1.807, 2.05) is 13.8 Å². The summed E-state index contributed by atoms with van der Waals surface area (Å²) in [5.74, 6) is 1.18. The van der Waals surface area contributed by atoms with Crippen molar-refractivity contribution < 1.29 is 0 Å². The third-order valence-corrected chi connectivity index (χ3v) is 4.30. The van der Waals surface area contributed by atoms with E-state index < -0.39 is 0 Å². The molecule has 0 aromatic heterocycles. The summed E-state index contributed by atoms with van der Waals surface area (Å²) in [5, 5.41) is 9.05. The number of nitriles is 1. The van der Waals surface area contributed by atoms with Crippen LogP contribution in [0.4, 0.5) is 0 Å². The van der Waals surface area contributed by atoms with Crippen molar-refractivity contribution in [3.05, 3.63) is 0 Å². The van der Waals surface area contributed by atoms with Gasteiger partial charge in [-0.1, -0.05) is 34.6 Å². The van der Waals surface area contributed by atoms with Crippen LogP contribution < -0.4 is 0 Å². The van der Waals surface area contributed by atoms with E-state index in [9.17, 15) is 0 Å². The first-order valence-electron chi connectivity index (χ1n) is 6.04. The fourth-order valence-electron chi connectivity index (χ4n) is 1.35. The third kappa shape index (κ3) is 4.24. The van der Waals surface area contributed by atoms with Gasteiger partial charge in [0, 0.05) is 0 Å². The highest BCUT2D eigenvalue weighted by Crippen LogP contribution is 2.37. The summed E-state index contributed by atoms with van der Waals surface area (Å²) in [4.78, 5) is 0. The molecule has 0 aromatic carbocycles. The van der Waals surface area contributed by atoms with E-state index in [-0.39, 0.29) is 5.41 Å². The predicted molar refractivity (Wildman–Crippen MR) is 66.4 cm³/mol. The molecule has 0 aromatic rings. The molecule has 0 aliphatic carbocycles. The molecule has 0 aliphatic rings. The van der Waals surface area contributed by atoms with Gasteiger partial charge in [0.15, 0.2) is 0 Å². The molecule has 1 nitrogen and oxygen atoms in total. The van der Waals surface area contributed by atoms with Gasteiger partial charge in [-0.25, -0.2) is 0 Å². The first kappa shape index (κ1) is 14.5. The molecule has 0 bridgehead atoms. The van der Waals surface area contributed by atoms with Gasteiger partial charge >= 0.3 is 0 Å². The van der Waals surface area contributed by atoms with Gasteiger partial charge in [-0.05, 0) is 43.9 Å². The lowest BCUT2D eigenvalue weighted by molar-refractivity contribution is 0.185. The van der Waals surface area contributed by atoms with Crippen molar-refractivity contribution >= 4 is 0 Å². The van der Waals surface area contributed by atoms with Gasteiger partial charge in [-0.2, -0.15) is 5.26 Å². The van der Waals surface area contributed by atoms with Crippen LogP contribution in [0.3, 0.4) is 0 Å². The second-order valence-electron chi connectivity index (χ2n) is 6.42. The maximum absolute atomic E-state index is 9.05. The number of rotatable bonds is 5. The number of nitrogens with zero attached hydrogens (tertiary/aromatic N) is 1. The van der Waals surface area contributed by atoms with Gasteiger partial charge in [0.1, 0.15) is 0 Å². The fraction of sp³-hybridized carbons (Fsp3) is 0.929. The van der Waals surface area contributed by atoms with Crippen LogP contribution in [-0.2, 0) is 0 Å². The number of hydrogen-bond donors (Lipinski definition) is 0. The Labute approximate surface area is 95.9 Å². The molecular weight excluding hydrogens is 182 g/mol. The molecule has 1 atom stereocenters. The summed E-state index contributed by atoms with van der Waals surface area (Å²) >= 11 is 0. The molecular formula is C14H27N. The Kier molecular flexibility index (Phi) is 4.84. The largest absolute Gasteiger partial charge is 0.198 e. The minimum atomic E-state index is -0.187. The Morgan fingerprint density at radius 3 is 1.87 bits per heavy atom. The molecule has 0 N–H and O–H groups in total. The summed E-state index contributed by atoms with van der Waals surface area (Å²) in [5.41, 5.74) is 0.201. The van der Waals surface area contributed by atoms with Crippen molar-refractivity contribution in [2.45, 2.75) is 61.3 Å². The van der Waals surface area contributed by atoms with E-state index in [2.05, 4.69) is 40.7 Å². The normalized spacial score (nSPS) is 15.1. The Hall–Kier alpha value is -0.510. The number of hydrogen-bond acceptors (Lipinski definition) is 1. The molecule has 88 valence electrons. The van der Waals surface area contributed by atoms with Crippen LogP contribution in [0.15, 0.2) is 0 Å². The Morgan fingerprint density at radius 1 is 1.07 bits per heavy atom. The standard InChI is InChI=1S/C14H27N/c1-11(2)13(4,5)9-8-12(3)14(6,7)10-15/h11-12H,8-9H2,1-7H3. The highest BCUT2D eigenvalue weighted by Gasteiger charge is 2.29. The van der Waals surface area contributed by atoms with Gasteiger partial charge in [0.05, 0.1) is 11.5 Å². The molecule has 0 aliphatic heterocycles. The molecule has 0 fully saturated rings. The van der Waals surface area contributed by atoms with E-state index in [1.165, 1.54) is 6.42 Å². The molecule has 1 heteroatoms. The maximum atomic E-state index is 9.05. The highest BCUT2D eigenvalue weighted by molar-refractivity contribution is 4.95. The van der Waals surface area contributed by atoms with Gasteiger partial charge in [0.25, 0.3) is 0 Å². The molecule has 0 radical (unpaired) electrons. The minimum absolute atomic E-state index is 0.187. The van der Waals surface area contributed by atoms with Crippen molar-refractivity contribution in [3.8, 4) is 6.07 Å². The first-order valence-corrected chi connectivity index (χ1v) is 6.04. The summed E-state index contributed by atoms with van der Waals surface area (Å²) in [6, 6.07) is 2.41. The topological polar surface area (TPSA) is 23.8 Å². The quantitative estimate of drug-likeness (QED) is 0.647. The van der Waals surface area contributed by atoms with Crippen molar-refractivity contribution in [1.82, 2.24) is 0 Å². The van der Waals surface area contributed by atoms with E-state index in [0.717, 1.165) is 6.42 Å². The zero-order valence-corrected chi connectivity index (χ0v) is 11.5. The summed E-state index contributed by atoms with van der Waals surface area (Å²) in [6.45, 7) is 15.5. The van der Waals surface area contributed by atoms with Crippen LogP contribution in [0.25, 0.3) is 0 Å². The molecule has 0 rings (SSSR count). The minimum Gasteiger partial charge on any atom is -0.198 e. The van der Waals surface area contributed by atoms with E-state index in [1.54, 1.807) is 0 Å². The fourth-order valence-corrected chi connectivity index (χ4v) is 1.35. The molecule has 0 saturated heterocycles. The van der Waals surface area contributed by atoms with Crippen LogP contribution in [0.5, 0.6) is 0 Å². The summed E-state index contributed by atoms with van der Waals surface area (Å²) in [6.07, 6.45) is 2.35. The zero-order chi connectivity index (χ0) is 12.3. The van der Waals surface area contributed by atoms with Crippen molar-refractivity contribution in [2.24, 2.45) is 22.7 Å². The maximum Gasteiger partial charge on any atom is 0.0686 e. The van der Waals surface area contributed by atoms with Crippen LogP contribution in [0.1, 0.15) is 61.3 Å². The van der Waals surface area contributed by atoms with Crippen LogP contribution in [-0.4, -0.2) is 0 Å². The van der Waals surface area contributed by atoms with Crippen LogP contribution in [0.2, 0.25) is 0 Å². The molecule has 0 heterocycles. The average molecular weight is 209 g/mol. The summed E-state index contributed by atoms with van der Waals surface area (Å²) < 4.78 is 0. The Morgan fingerprint density at radius 2 is 1.53 bits per heavy atom. The Balaban J connectivity index is 4.25. The van der Waals surface area contributed by atoms with Crippen LogP contribution in [0, 0.1) is 34.0 Å². The van der Waals surface area contributed by atoms with E-state index in [4.69, 9.17) is 5.26 Å². The second-order valence-corrected chi connectivity index (χ2v) is 6.42. The zero-order valence-electron chi connectivity index (χ0n) is 11.5. The van der Waals surface area contributed by atoms with Crippen molar-refractivity contribution in [3.63, 3.8) is 0 Å². The van der Waals surface area contributed by atoms with Crippen molar-refractivity contribution in [1.29, 1.82) is 5.26 Å². The second kappa shape index (κ2) is 5.01. The van der Waals surface area contributed by atoms with Crippen LogP contribution >= 0.6 is 0 Å². The van der Waals surface area contributed by atoms with Gasteiger partial charge in [-0.3, -0.25) is 0 Å². The monoisotopic (exact) mass is 209 g/mol. The SMILES string of the molecule is CC(CCC(C)(C)C(C)C)C(C)(C)C#N. The molecule has 0 amide bonds. The summed E-state index contributed by atoms with van der Waals surface area (Å²) in [7, 11) is 0. The lowest BCUT2D eigenvalue weighted by Gasteiger charge is -2.33. The van der Waals surface area contributed by atoms with Crippen molar-refractivity contribution in [2.75, 3.05) is 0 Å². The molecule has 0 saturated carbocycles. The predicted octanol–water partition coefficient (Wildman–Crippen LogP) is 4.63. The highest BCUT2D eigenvalue weighted by atomic mass is 14.4. The lowest BCUT2D eigenvalue weighted by atomic mass is 9.72. The van der Waals surface area contributed by atoms with Gasteiger partial charge in [-0.15, -0.1) is 0 Å². The van der Waals surface area contributed by atoms with Gasteiger partial charge in [0.2, 0.25) is 0 Å². The van der Waals surface area contributed by atoms with E-state index in [0.29, 0.717) is 17.3 Å². The molecule has 1 unspecified atom stereocenters. The Bertz CT molecular complexity index is 230. The lowest BCUT2D eigenvalue weighted by Crippen LogP contribution is -2.24. The molecule has 0 spiro atoms. The first-order chi connectivity index (χ1) is 6.63. The molecule has 15 heavy (non-hydrogen) atoms. The van der Waals surface area contributed by atoms with Gasteiger partial charge < -0.3 is 0 Å². The average Bonchev–Trinajstić information content (AvgIpc) is 2.13. The van der Waals surface area contributed by atoms with E-state index >= 15 is 0 Å².